The maximum Gasteiger partial charge on any atom is 0.233 e. The van der Waals surface area contributed by atoms with Crippen LogP contribution in [-0.2, 0) is 11.3 Å². The SMILES string of the molecule is CN(Cc1cc(-c2ccccn2)no1)C(=O)CSc1nnc(N)s1. The third kappa shape index (κ3) is 4.09. The van der Waals surface area contributed by atoms with Gasteiger partial charge in [0.2, 0.25) is 11.0 Å². The van der Waals surface area contributed by atoms with E-state index in [1.54, 1.807) is 24.2 Å². The molecule has 0 aliphatic carbocycles. The maximum absolute atomic E-state index is 12.2. The molecule has 0 saturated carbocycles. The Bertz CT molecular complexity index is 820. The molecule has 2 N–H and O–H groups in total. The average molecular weight is 362 g/mol. The highest BCUT2D eigenvalue weighted by atomic mass is 32.2. The van der Waals surface area contributed by atoms with Crippen LogP contribution in [0, 0.1) is 0 Å². The number of aromatic nitrogens is 4. The molecule has 0 aliphatic heterocycles. The van der Waals surface area contributed by atoms with Crippen LogP contribution in [0.1, 0.15) is 5.76 Å². The first-order chi connectivity index (χ1) is 11.6. The number of hydrogen-bond acceptors (Lipinski definition) is 9. The fourth-order valence-electron chi connectivity index (χ4n) is 1.86. The smallest absolute Gasteiger partial charge is 0.233 e. The number of nitrogens with two attached hydrogens (primary N) is 1. The van der Waals surface area contributed by atoms with Gasteiger partial charge in [-0.25, -0.2) is 0 Å². The van der Waals surface area contributed by atoms with E-state index in [1.165, 1.54) is 23.1 Å². The summed E-state index contributed by atoms with van der Waals surface area (Å²) in [6.07, 6.45) is 1.69. The quantitative estimate of drug-likeness (QED) is 0.662. The van der Waals surface area contributed by atoms with Crippen LogP contribution in [0.3, 0.4) is 0 Å². The minimum Gasteiger partial charge on any atom is -0.374 e. The summed E-state index contributed by atoms with van der Waals surface area (Å²) in [7, 11) is 1.71. The monoisotopic (exact) mass is 362 g/mol. The summed E-state index contributed by atoms with van der Waals surface area (Å²) >= 11 is 2.57. The fourth-order valence-corrected chi connectivity index (χ4v) is 3.43. The molecule has 0 bridgehead atoms. The van der Waals surface area contributed by atoms with Crippen molar-refractivity contribution >= 4 is 34.1 Å². The van der Waals surface area contributed by atoms with Crippen molar-refractivity contribution in [2.45, 2.75) is 10.9 Å². The Hall–Kier alpha value is -2.46. The summed E-state index contributed by atoms with van der Waals surface area (Å²) in [6, 6.07) is 7.34. The first-order valence-corrected chi connectivity index (χ1v) is 8.75. The molecule has 3 aromatic heterocycles. The number of thioether (sulfide) groups is 1. The molecule has 0 saturated heterocycles. The van der Waals surface area contributed by atoms with Crippen LogP contribution in [0.5, 0.6) is 0 Å². The van der Waals surface area contributed by atoms with Gasteiger partial charge in [0, 0.05) is 19.3 Å². The molecule has 0 radical (unpaired) electrons. The van der Waals surface area contributed by atoms with Crippen molar-refractivity contribution in [3.8, 4) is 11.4 Å². The molecule has 8 nitrogen and oxygen atoms in total. The largest absolute Gasteiger partial charge is 0.374 e. The summed E-state index contributed by atoms with van der Waals surface area (Å²) < 4.78 is 5.95. The Balaban J connectivity index is 1.55. The van der Waals surface area contributed by atoms with Gasteiger partial charge in [-0.3, -0.25) is 9.78 Å². The van der Waals surface area contributed by atoms with E-state index in [0.717, 1.165) is 5.69 Å². The van der Waals surface area contributed by atoms with Crippen molar-refractivity contribution in [2.75, 3.05) is 18.5 Å². The van der Waals surface area contributed by atoms with Crippen LogP contribution < -0.4 is 5.73 Å². The number of carbonyl (C=O) groups is 1. The van der Waals surface area contributed by atoms with Crippen molar-refractivity contribution in [1.82, 2.24) is 25.2 Å². The summed E-state index contributed by atoms with van der Waals surface area (Å²) in [5, 5.41) is 12.0. The van der Waals surface area contributed by atoms with E-state index in [1.807, 2.05) is 18.2 Å². The van der Waals surface area contributed by atoms with E-state index >= 15 is 0 Å². The lowest BCUT2D eigenvalue weighted by atomic mass is 10.2. The Labute approximate surface area is 146 Å². The molecule has 3 aromatic rings. The Morgan fingerprint density at radius 2 is 2.25 bits per heavy atom. The second-order valence-corrected chi connectivity index (χ2v) is 7.07. The van der Waals surface area contributed by atoms with Gasteiger partial charge in [0.25, 0.3) is 0 Å². The van der Waals surface area contributed by atoms with Gasteiger partial charge in [0.05, 0.1) is 18.0 Å². The van der Waals surface area contributed by atoms with E-state index in [0.29, 0.717) is 27.5 Å². The number of anilines is 1. The van der Waals surface area contributed by atoms with Gasteiger partial charge >= 0.3 is 0 Å². The second kappa shape index (κ2) is 7.41. The summed E-state index contributed by atoms with van der Waals surface area (Å²) in [6.45, 7) is 0.331. The highest BCUT2D eigenvalue weighted by Gasteiger charge is 2.15. The number of hydrogen-bond donors (Lipinski definition) is 1. The molecule has 0 aliphatic rings. The minimum atomic E-state index is -0.0513. The molecule has 24 heavy (non-hydrogen) atoms. The van der Waals surface area contributed by atoms with E-state index in [2.05, 4.69) is 20.3 Å². The molecular formula is C14H14N6O2S2. The Morgan fingerprint density at radius 1 is 1.38 bits per heavy atom. The van der Waals surface area contributed by atoms with Gasteiger partial charge < -0.3 is 15.2 Å². The molecule has 3 rings (SSSR count). The summed E-state index contributed by atoms with van der Waals surface area (Å²) in [5.74, 6) is 0.799. The second-order valence-electron chi connectivity index (χ2n) is 4.84. The van der Waals surface area contributed by atoms with Crippen LogP contribution in [-0.4, -0.2) is 43.9 Å². The third-order valence-electron chi connectivity index (χ3n) is 3.05. The van der Waals surface area contributed by atoms with Crippen molar-refractivity contribution in [3.05, 3.63) is 36.2 Å². The van der Waals surface area contributed by atoms with E-state index < -0.39 is 0 Å². The van der Waals surface area contributed by atoms with Crippen LogP contribution in [0.4, 0.5) is 5.13 Å². The maximum atomic E-state index is 12.2. The number of carbonyl (C=O) groups excluding carboxylic acids is 1. The van der Waals surface area contributed by atoms with Gasteiger partial charge in [-0.15, -0.1) is 10.2 Å². The van der Waals surface area contributed by atoms with Gasteiger partial charge in [-0.05, 0) is 12.1 Å². The lowest BCUT2D eigenvalue weighted by Gasteiger charge is -2.14. The molecule has 0 unspecified atom stereocenters. The number of amides is 1. The molecule has 124 valence electrons. The van der Waals surface area contributed by atoms with E-state index in [4.69, 9.17) is 10.3 Å². The topological polar surface area (TPSA) is 111 Å². The van der Waals surface area contributed by atoms with Gasteiger partial charge in [0.15, 0.2) is 10.1 Å². The molecule has 0 aromatic carbocycles. The van der Waals surface area contributed by atoms with Crippen LogP contribution in [0.2, 0.25) is 0 Å². The highest BCUT2D eigenvalue weighted by molar-refractivity contribution is 8.01. The Morgan fingerprint density at radius 3 is 2.96 bits per heavy atom. The van der Waals surface area contributed by atoms with Crippen molar-refractivity contribution < 1.29 is 9.32 Å². The van der Waals surface area contributed by atoms with E-state index in [9.17, 15) is 4.79 Å². The molecule has 0 spiro atoms. The minimum absolute atomic E-state index is 0.0513. The van der Waals surface area contributed by atoms with E-state index in [-0.39, 0.29) is 11.7 Å². The van der Waals surface area contributed by atoms with Gasteiger partial charge in [-0.2, -0.15) is 0 Å². The number of nitrogen functional groups attached to an aromatic ring is 1. The molecule has 10 heteroatoms. The van der Waals surface area contributed by atoms with Crippen LogP contribution in [0.25, 0.3) is 11.4 Å². The predicted molar refractivity (Wildman–Crippen MR) is 91.3 cm³/mol. The van der Waals surface area contributed by atoms with Crippen molar-refractivity contribution in [1.29, 1.82) is 0 Å². The number of rotatable bonds is 6. The molecule has 0 fully saturated rings. The number of nitrogens with zero attached hydrogens (tertiary/aromatic N) is 5. The molecule has 1 amide bonds. The molecule has 3 heterocycles. The van der Waals surface area contributed by atoms with Gasteiger partial charge in [-0.1, -0.05) is 34.3 Å². The first-order valence-electron chi connectivity index (χ1n) is 6.94. The number of pyridine rings is 1. The summed E-state index contributed by atoms with van der Waals surface area (Å²) in [4.78, 5) is 17.9. The Kier molecular flexibility index (Phi) is 5.06. The fraction of sp³-hybridized carbons (Fsp3) is 0.214. The standard InChI is InChI=1S/C14H14N6O2S2/c1-20(12(21)8-23-14-18-17-13(15)24-14)7-9-6-11(19-22-9)10-4-2-3-5-16-10/h2-6H,7-8H2,1H3,(H2,15,17). The van der Waals surface area contributed by atoms with Crippen LogP contribution in [0.15, 0.2) is 39.3 Å². The third-order valence-corrected chi connectivity index (χ3v) is 4.92. The zero-order valence-corrected chi connectivity index (χ0v) is 14.4. The predicted octanol–water partition coefficient (Wildman–Crippen LogP) is 1.92. The molecular weight excluding hydrogens is 348 g/mol. The lowest BCUT2D eigenvalue weighted by Crippen LogP contribution is -2.27. The van der Waals surface area contributed by atoms with Gasteiger partial charge in [0.1, 0.15) is 5.69 Å². The van der Waals surface area contributed by atoms with Crippen molar-refractivity contribution in [2.24, 2.45) is 0 Å². The highest BCUT2D eigenvalue weighted by Crippen LogP contribution is 2.24. The van der Waals surface area contributed by atoms with Crippen molar-refractivity contribution in [3.63, 3.8) is 0 Å². The zero-order chi connectivity index (χ0) is 16.9. The lowest BCUT2D eigenvalue weighted by molar-refractivity contribution is -0.127. The summed E-state index contributed by atoms with van der Waals surface area (Å²) in [5.41, 5.74) is 6.88. The van der Waals surface area contributed by atoms with Crippen LogP contribution >= 0.6 is 23.1 Å². The first kappa shape index (κ1) is 16.4. The normalized spacial score (nSPS) is 10.7. The zero-order valence-electron chi connectivity index (χ0n) is 12.7. The average Bonchev–Trinajstić information content (AvgIpc) is 3.22. The molecule has 0 atom stereocenters.